The van der Waals surface area contributed by atoms with Gasteiger partial charge in [-0.15, -0.1) is 0 Å². The zero-order chi connectivity index (χ0) is 21.4. The molecule has 0 aliphatic carbocycles. The smallest absolute Gasteiger partial charge is 0.120 e. The number of morpholine rings is 1. The molecule has 1 atom stereocenters. The lowest BCUT2D eigenvalue weighted by atomic mass is 10.1. The topological polar surface area (TPSA) is 57.3 Å². The quantitative estimate of drug-likeness (QED) is 0.497. The second kappa shape index (κ2) is 8.17. The molecule has 4 heterocycles. The molecule has 7 heteroatoms. The number of hydrogen-bond acceptors (Lipinski definition) is 5. The van der Waals surface area contributed by atoms with Gasteiger partial charge in [-0.05, 0) is 23.8 Å². The van der Waals surface area contributed by atoms with Crippen molar-refractivity contribution in [2.75, 3.05) is 26.8 Å². The van der Waals surface area contributed by atoms with Crippen LogP contribution in [0.25, 0.3) is 22.0 Å². The average molecular weight is 418 g/mol. The number of aromatic nitrogens is 4. The third kappa shape index (κ3) is 3.94. The highest BCUT2D eigenvalue weighted by Gasteiger charge is 2.24. The number of rotatable bonds is 5. The summed E-state index contributed by atoms with van der Waals surface area (Å²) in [5, 5.41) is 5.51. The maximum Gasteiger partial charge on any atom is 0.120 e. The first-order chi connectivity index (χ1) is 15.1. The van der Waals surface area contributed by atoms with Gasteiger partial charge in [-0.3, -0.25) is 14.6 Å². The molecule has 1 aliphatic heterocycles. The van der Waals surface area contributed by atoms with Crippen molar-refractivity contribution in [2.24, 2.45) is 14.1 Å². The summed E-state index contributed by atoms with van der Waals surface area (Å²) in [6, 6.07) is 10.4. The third-order valence-corrected chi connectivity index (χ3v) is 5.98. The van der Waals surface area contributed by atoms with E-state index < -0.39 is 0 Å². The Kier molecular flexibility index (Phi) is 5.21. The Hall–Kier alpha value is -3.16. The van der Waals surface area contributed by atoms with Crippen molar-refractivity contribution < 1.29 is 9.47 Å². The molecule has 5 rings (SSSR count). The van der Waals surface area contributed by atoms with Gasteiger partial charge in [0.1, 0.15) is 11.9 Å². The Morgan fingerprint density at radius 2 is 2.00 bits per heavy atom. The van der Waals surface area contributed by atoms with Crippen molar-refractivity contribution in [3.05, 3.63) is 66.4 Å². The van der Waals surface area contributed by atoms with Crippen LogP contribution in [-0.4, -0.2) is 51.0 Å². The summed E-state index contributed by atoms with van der Waals surface area (Å²) in [5.41, 5.74) is 5.61. The normalized spacial score (nSPS) is 17.3. The Labute approximate surface area is 181 Å². The first-order valence-electron chi connectivity index (χ1n) is 10.5. The van der Waals surface area contributed by atoms with Gasteiger partial charge in [0.05, 0.1) is 31.1 Å². The van der Waals surface area contributed by atoms with Gasteiger partial charge in [-0.25, -0.2) is 0 Å². The van der Waals surface area contributed by atoms with Gasteiger partial charge in [0, 0.05) is 74.9 Å². The van der Waals surface area contributed by atoms with E-state index in [-0.39, 0.29) is 6.10 Å². The highest BCUT2D eigenvalue weighted by atomic mass is 16.5. The van der Waals surface area contributed by atoms with Crippen molar-refractivity contribution in [1.29, 1.82) is 0 Å². The van der Waals surface area contributed by atoms with Gasteiger partial charge >= 0.3 is 0 Å². The Balaban J connectivity index is 1.31. The lowest BCUT2D eigenvalue weighted by Crippen LogP contribution is -2.38. The van der Waals surface area contributed by atoms with Gasteiger partial charge in [0.2, 0.25) is 0 Å². The minimum absolute atomic E-state index is 0.0215. The molecular formula is C24H27N5O2. The highest BCUT2D eigenvalue weighted by molar-refractivity contribution is 5.85. The summed E-state index contributed by atoms with van der Waals surface area (Å²) >= 11 is 0. The van der Waals surface area contributed by atoms with Crippen molar-refractivity contribution in [1.82, 2.24) is 24.2 Å². The fourth-order valence-electron chi connectivity index (χ4n) is 4.30. The Bertz CT molecular complexity index is 1190. The lowest BCUT2D eigenvalue weighted by Gasteiger charge is -2.32. The van der Waals surface area contributed by atoms with Crippen LogP contribution in [0.4, 0.5) is 0 Å². The lowest BCUT2D eigenvalue weighted by molar-refractivity contribution is -0.0348. The van der Waals surface area contributed by atoms with Crippen LogP contribution in [0.15, 0.2) is 55.1 Å². The molecule has 0 bridgehead atoms. The average Bonchev–Trinajstić information content (AvgIpc) is 3.37. The van der Waals surface area contributed by atoms with Crippen molar-refractivity contribution >= 4 is 10.9 Å². The maximum absolute atomic E-state index is 6.06. The van der Waals surface area contributed by atoms with Crippen LogP contribution in [0.1, 0.15) is 17.4 Å². The van der Waals surface area contributed by atoms with E-state index in [1.54, 1.807) is 11.8 Å². The molecule has 0 amide bonds. The molecule has 1 unspecified atom stereocenters. The number of fused-ring (bicyclic) bond motifs is 1. The molecular weight excluding hydrogens is 390 g/mol. The van der Waals surface area contributed by atoms with E-state index in [0.717, 1.165) is 42.2 Å². The van der Waals surface area contributed by atoms with Crippen LogP contribution in [-0.2, 0) is 25.4 Å². The van der Waals surface area contributed by atoms with Crippen LogP contribution in [0.5, 0.6) is 5.75 Å². The molecule has 7 nitrogen and oxygen atoms in total. The summed E-state index contributed by atoms with van der Waals surface area (Å²) in [7, 11) is 5.71. The fourth-order valence-corrected chi connectivity index (χ4v) is 4.30. The van der Waals surface area contributed by atoms with Crippen LogP contribution < -0.4 is 4.74 Å². The van der Waals surface area contributed by atoms with E-state index in [1.807, 2.05) is 31.7 Å². The number of aryl methyl sites for hydroxylation is 2. The maximum atomic E-state index is 6.06. The highest BCUT2D eigenvalue weighted by Crippen LogP contribution is 2.28. The van der Waals surface area contributed by atoms with Gasteiger partial charge in [-0.2, -0.15) is 5.10 Å². The molecule has 1 saturated heterocycles. The summed E-state index contributed by atoms with van der Waals surface area (Å²) in [5.74, 6) is 0.882. The molecule has 31 heavy (non-hydrogen) atoms. The molecule has 4 aromatic rings. The second-order valence-electron chi connectivity index (χ2n) is 8.12. The Morgan fingerprint density at radius 1 is 1.10 bits per heavy atom. The van der Waals surface area contributed by atoms with Crippen LogP contribution >= 0.6 is 0 Å². The molecule has 0 spiro atoms. The van der Waals surface area contributed by atoms with Crippen LogP contribution in [0, 0.1) is 0 Å². The number of nitrogens with zero attached hydrogens (tertiary/aromatic N) is 5. The van der Waals surface area contributed by atoms with Gasteiger partial charge < -0.3 is 14.0 Å². The van der Waals surface area contributed by atoms with Crippen LogP contribution in [0.2, 0.25) is 0 Å². The first-order valence-corrected chi connectivity index (χ1v) is 10.5. The zero-order valence-electron chi connectivity index (χ0n) is 18.2. The largest absolute Gasteiger partial charge is 0.497 e. The minimum Gasteiger partial charge on any atom is -0.497 e. The summed E-state index contributed by atoms with van der Waals surface area (Å²) in [6.45, 7) is 3.33. The summed E-state index contributed by atoms with van der Waals surface area (Å²) in [6.07, 6.45) is 7.96. The number of methoxy groups -OCH3 is 1. The van der Waals surface area contributed by atoms with Crippen molar-refractivity contribution in [3.8, 4) is 16.9 Å². The van der Waals surface area contributed by atoms with E-state index in [0.29, 0.717) is 6.61 Å². The molecule has 0 radical (unpaired) electrons. The predicted octanol–water partition coefficient (Wildman–Crippen LogP) is 3.56. The van der Waals surface area contributed by atoms with Crippen molar-refractivity contribution in [2.45, 2.75) is 12.6 Å². The number of pyridine rings is 1. The second-order valence-corrected chi connectivity index (χ2v) is 8.12. The summed E-state index contributed by atoms with van der Waals surface area (Å²) < 4.78 is 15.4. The molecule has 0 saturated carbocycles. The van der Waals surface area contributed by atoms with E-state index in [2.05, 4.69) is 52.1 Å². The molecule has 1 aliphatic rings. The standard InChI is InChI=1S/C24H27N5O2/c1-27-13-19(21-6-5-20(30-3)10-23(21)27)15-29-8-9-31-24(16-29)22-7-4-17(11-25-22)18-12-26-28(2)14-18/h4-7,10-14,24H,8-9,15-16H2,1-3H3. The molecule has 3 aromatic heterocycles. The van der Waals surface area contributed by atoms with Gasteiger partial charge in [0.25, 0.3) is 0 Å². The number of benzene rings is 1. The van der Waals surface area contributed by atoms with Gasteiger partial charge in [0.15, 0.2) is 0 Å². The fraction of sp³-hybridized carbons (Fsp3) is 0.333. The third-order valence-electron chi connectivity index (χ3n) is 5.98. The van der Waals surface area contributed by atoms with Gasteiger partial charge in [-0.1, -0.05) is 6.07 Å². The van der Waals surface area contributed by atoms with E-state index in [9.17, 15) is 0 Å². The first kappa shape index (κ1) is 19.8. The predicted molar refractivity (Wildman–Crippen MR) is 120 cm³/mol. The molecule has 0 N–H and O–H groups in total. The monoisotopic (exact) mass is 417 g/mol. The SMILES string of the molecule is COc1ccc2c(CN3CCOC(c4ccc(-c5cnn(C)c5)cn4)C3)cn(C)c2c1. The molecule has 1 fully saturated rings. The molecule has 160 valence electrons. The zero-order valence-corrected chi connectivity index (χ0v) is 18.2. The van der Waals surface area contributed by atoms with E-state index in [1.165, 1.54) is 16.5 Å². The van der Waals surface area contributed by atoms with Crippen LogP contribution in [0.3, 0.4) is 0 Å². The number of hydrogen-bond donors (Lipinski definition) is 0. The Morgan fingerprint density at radius 3 is 2.74 bits per heavy atom. The van der Waals surface area contributed by atoms with Crippen molar-refractivity contribution in [3.63, 3.8) is 0 Å². The summed E-state index contributed by atoms with van der Waals surface area (Å²) in [4.78, 5) is 7.14. The molecule has 1 aromatic carbocycles. The minimum atomic E-state index is -0.0215. The van der Waals surface area contributed by atoms with E-state index in [4.69, 9.17) is 14.5 Å². The van der Waals surface area contributed by atoms with E-state index >= 15 is 0 Å². The number of ether oxygens (including phenoxy) is 2.